The molecule has 1 aliphatic rings. The second-order valence-electron chi connectivity index (χ2n) is 11.0. The molecule has 0 bridgehead atoms. The number of fused-ring (bicyclic) bond motifs is 1. The van der Waals surface area contributed by atoms with Crippen LogP contribution in [0.2, 0.25) is 0 Å². The molecule has 0 unspecified atom stereocenters. The molecule has 5 rings (SSSR count). The molecular weight excluding hydrogens is 512 g/mol. The normalized spacial score (nSPS) is 14.7. The number of carbonyl (C=O) groups excluding carboxylic acids is 2. The maximum Gasteiger partial charge on any atom is 0.274 e. The standard InChI is InChI=1S/C34H36N4O3/c1-5-28-25(21-29(39)24-12-8-6-9-13-24)20-27-31(41-23(2)3)30(37(4)32(27)36-28)33(40)38-18-16-34(22-35,17-19-38)26-14-10-7-11-15-26/h6-15,20,23H,5,16-19,21H2,1-4H3. The quantitative estimate of drug-likeness (QED) is 0.250. The molecular formula is C34H36N4O3. The molecule has 7 nitrogen and oxygen atoms in total. The molecule has 0 N–H and O–H groups in total. The number of ether oxygens (including phenoxy) is 1. The Labute approximate surface area is 241 Å². The van der Waals surface area contributed by atoms with Crippen LogP contribution in [0, 0.1) is 11.3 Å². The number of ketones is 1. The fraction of sp³-hybridized carbons (Fsp3) is 0.353. The van der Waals surface area contributed by atoms with Crippen molar-refractivity contribution >= 4 is 22.7 Å². The van der Waals surface area contributed by atoms with Gasteiger partial charge < -0.3 is 14.2 Å². The number of rotatable bonds is 8. The van der Waals surface area contributed by atoms with Gasteiger partial charge in [-0.25, -0.2) is 4.98 Å². The van der Waals surface area contributed by atoms with Gasteiger partial charge in [-0.3, -0.25) is 9.59 Å². The summed E-state index contributed by atoms with van der Waals surface area (Å²) in [6, 6.07) is 23.6. The van der Waals surface area contributed by atoms with Gasteiger partial charge in [0.2, 0.25) is 0 Å². The minimum Gasteiger partial charge on any atom is -0.488 e. The number of piperidine rings is 1. The van der Waals surface area contributed by atoms with Crippen LogP contribution in [0.4, 0.5) is 0 Å². The summed E-state index contributed by atoms with van der Waals surface area (Å²) in [5.74, 6) is 0.375. The molecule has 0 aliphatic carbocycles. The van der Waals surface area contributed by atoms with Crippen LogP contribution in [0.25, 0.3) is 11.0 Å². The molecule has 1 amide bonds. The Kier molecular flexibility index (Phi) is 7.94. The Morgan fingerprint density at radius 2 is 1.68 bits per heavy atom. The predicted molar refractivity (Wildman–Crippen MR) is 159 cm³/mol. The topological polar surface area (TPSA) is 88.2 Å². The van der Waals surface area contributed by atoms with E-state index in [1.807, 2.05) is 104 Å². The van der Waals surface area contributed by atoms with Gasteiger partial charge in [0.25, 0.3) is 5.91 Å². The molecule has 4 aromatic rings. The van der Waals surface area contributed by atoms with E-state index < -0.39 is 5.41 Å². The summed E-state index contributed by atoms with van der Waals surface area (Å²) in [6.07, 6.45) is 1.83. The van der Waals surface area contributed by atoms with E-state index in [-0.39, 0.29) is 24.2 Å². The Hall–Kier alpha value is -4.44. The van der Waals surface area contributed by atoms with Crippen LogP contribution in [-0.2, 0) is 25.3 Å². The molecule has 0 saturated carbocycles. The van der Waals surface area contributed by atoms with Crippen molar-refractivity contribution < 1.29 is 14.3 Å². The van der Waals surface area contributed by atoms with Crippen LogP contribution in [-0.4, -0.2) is 45.3 Å². The summed E-state index contributed by atoms with van der Waals surface area (Å²) in [5.41, 5.74) is 3.82. The zero-order valence-corrected chi connectivity index (χ0v) is 24.2. The van der Waals surface area contributed by atoms with E-state index in [0.717, 1.165) is 22.2 Å². The molecule has 1 fully saturated rings. The average molecular weight is 549 g/mol. The van der Waals surface area contributed by atoms with Crippen LogP contribution in [0.15, 0.2) is 66.7 Å². The number of pyridine rings is 1. The zero-order chi connectivity index (χ0) is 29.1. The molecule has 2 aromatic heterocycles. The first-order valence-electron chi connectivity index (χ1n) is 14.3. The van der Waals surface area contributed by atoms with Crippen molar-refractivity contribution in [3.05, 3.63) is 94.8 Å². The minimum absolute atomic E-state index is 0.0210. The molecule has 0 atom stereocenters. The summed E-state index contributed by atoms with van der Waals surface area (Å²) in [4.78, 5) is 34.0. The van der Waals surface area contributed by atoms with Crippen LogP contribution >= 0.6 is 0 Å². The maximum atomic E-state index is 14.1. The first-order chi connectivity index (χ1) is 19.8. The van der Waals surface area contributed by atoms with Gasteiger partial charge in [-0.1, -0.05) is 67.6 Å². The lowest BCUT2D eigenvalue weighted by Crippen LogP contribution is -2.45. The van der Waals surface area contributed by atoms with Crippen molar-refractivity contribution in [1.29, 1.82) is 5.26 Å². The van der Waals surface area contributed by atoms with Gasteiger partial charge in [0, 0.05) is 37.8 Å². The monoisotopic (exact) mass is 548 g/mol. The highest BCUT2D eigenvalue weighted by atomic mass is 16.5. The van der Waals surface area contributed by atoms with Crippen molar-refractivity contribution in [3.63, 3.8) is 0 Å². The van der Waals surface area contributed by atoms with Gasteiger partial charge in [0.1, 0.15) is 5.65 Å². The van der Waals surface area contributed by atoms with Crippen molar-refractivity contribution in [2.24, 2.45) is 7.05 Å². The molecule has 210 valence electrons. The van der Waals surface area contributed by atoms with Gasteiger partial charge in [-0.2, -0.15) is 5.26 Å². The van der Waals surface area contributed by atoms with Gasteiger partial charge in [-0.05, 0) is 50.3 Å². The van der Waals surface area contributed by atoms with E-state index >= 15 is 0 Å². The Bertz CT molecular complexity index is 1610. The molecule has 1 saturated heterocycles. The largest absolute Gasteiger partial charge is 0.488 e. The van der Waals surface area contributed by atoms with Crippen LogP contribution < -0.4 is 4.74 Å². The zero-order valence-electron chi connectivity index (χ0n) is 24.2. The minimum atomic E-state index is -0.605. The van der Waals surface area contributed by atoms with E-state index in [1.54, 1.807) is 0 Å². The maximum absolute atomic E-state index is 14.1. The second kappa shape index (κ2) is 11.6. The molecule has 41 heavy (non-hydrogen) atoms. The van der Waals surface area contributed by atoms with Gasteiger partial charge in [0.05, 0.1) is 23.0 Å². The van der Waals surface area contributed by atoms with Crippen molar-refractivity contribution in [2.75, 3.05) is 13.1 Å². The summed E-state index contributed by atoms with van der Waals surface area (Å²) in [5, 5.41) is 10.8. The summed E-state index contributed by atoms with van der Waals surface area (Å²) >= 11 is 0. The Balaban J connectivity index is 1.51. The Morgan fingerprint density at radius 1 is 1.05 bits per heavy atom. The predicted octanol–water partition coefficient (Wildman–Crippen LogP) is 6.05. The fourth-order valence-electron chi connectivity index (χ4n) is 5.81. The number of amides is 1. The number of aryl methyl sites for hydroxylation is 2. The van der Waals surface area contributed by atoms with Gasteiger partial charge in [0.15, 0.2) is 17.2 Å². The van der Waals surface area contributed by atoms with Gasteiger partial charge >= 0.3 is 0 Å². The number of hydrogen-bond acceptors (Lipinski definition) is 5. The van der Waals surface area contributed by atoms with E-state index in [2.05, 4.69) is 6.07 Å². The van der Waals surface area contributed by atoms with E-state index in [9.17, 15) is 14.9 Å². The lowest BCUT2D eigenvalue weighted by molar-refractivity contribution is 0.0676. The fourth-order valence-corrected chi connectivity index (χ4v) is 5.81. The van der Waals surface area contributed by atoms with Crippen molar-refractivity contribution in [3.8, 4) is 11.8 Å². The number of nitrogens with zero attached hydrogens (tertiary/aromatic N) is 4. The van der Waals surface area contributed by atoms with Crippen LogP contribution in [0.1, 0.15) is 71.3 Å². The van der Waals surface area contributed by atoms with Crippen LogP contribution in [0.3, 0.4) is 0 Å². The lowest BCUT2D eigenvalue weighted by atomic mass is 9.74. The third-order valence-electron chi connectivity index (χ3n) is 8.07. The third kappa shape index (κ3) is 5.35. The van der Waals surface area contributed by atoms with Gasteiger partial charge in [-0.15, -0.1) is 0 Å². The number of nitriles is 1. The molecule has 0 radical (unpaired) electrons. The number of benzene rings is 2. The highest BCUT2D eigenvalue weighted by Crippen LogP contribution is 2.38. The van der Waals surface area contributed by atoms with E-state index in [1.165, 1.54) is 0 Å². The van der Waals surface area contributed by atoms with Crippen molar-refractivity contribution in [1.82, 2.24) is 14.5 Å². The SMILES string of the molecule is CCc1nc2c(cc1CC(=O)c1ccccc1)c(OC(C)C)c(C(=O)N1CCC(C#N)(c3ccccc3)CC1)n2C. The lowest BCUT2D eigenvalue weighted by Gasteiger charge is -2.37. The van der Waals surface area contributed by atoms with Crippen LogP contribution in [0.5, 0.6) is 5.75 Å². The first kappa shape index (κ1) is 28.1. The smallest absolute Gasteiger partial charge is 0.274 e. The number of carbonyl (C=O) groups is 2. The van der Waals surface area contributed by atoms with E-state index in [0.29, 0.717) is 55.0 Å². The number of hydrogen-bond donors (Lipinski definition) is 0. The first-order valence-corrected chi connectivity index (χ1v) is 14.3. The average Bonchev–Trinajstić information content (AvgIpc) is 3.26. The number of aromatic nitrogens is 2. The summed E-state index contributed by atoms with van der Waals surface area (Å²) in [6.45, 7) is 6.82. The molecule has 1 aliphatic heterocycles. The summed E-state index contributed by atoms with van der Waals surface area (Å²) in [7, 11) is 1.84. The second-order valence-corrected chi connectivity index (χ2v) is 11.0. The Morgan fingerprint density at radius 3 is 2.27 bits per heavy atom. The van der Waals surface area contributed by atoms with E-state index in [4.69, 9.17) is 9.72 Å². The third-order valence-corrected chi connectivity index (χ3v) is 8.07. The molecule has 3 heterocycles. The molecule has 0 spiro atoms. The summed E-state index contributed by atoms with van der Waals surface area (Å²) < 4.78 is 8.12. The molecule has 7 heteroatoms. The molecule has 2 aromatic carbocycles. The number of Topliss-reactive ketones (excluding diaryl/α,β-unsaturated/α-hetero) is 1. The number of likely N-dealkylation sites (tertiary alicyclic amines) is 1. The highest BCUT2D eigenvalue weighted by molar-refractivity contribution is 6.04. The highest BCUT2D eigenvalue weighted by Gasteiger charge is 2.39. The van der Waals surface area contributed by atoms with Crippen molar-refractivity contribution in [2.45, 2.75) is 58.0 Å².